The molecule has 3 heterocycles. The van der Waals surface area contributed by atoms with E-state index < -0.39 is 85.7 Å². The third kappa shape index (κ3) is 4.97. The lowest BCUT2D eigenvalue weighted by atomic mass is 10.00. The smallest absolute Gasteiger partial charge is 0.382 e. The Kier molecular flexibility index (Phi) is 6.23. The molecule has 0 radical (unpaired) electrons. The second kappa shape index (κ2) is 8.95. The van der Waals surface area contributed by atoms with Crippen molar-refractivity contribution in [2.45, 2.75) is 42.9 Å². The molecule has 16 heteroatoms. The van der Waals surface area contributed by atoms with Crippen LogP contribution < -0.4 is 10.6 Å². The lowest BCUT2D eigenvalue weighted by Gasteiger charge is -2.38. The first kappa shape index (κ1) is 26.4. The second-order valence-electron chi connectivity index (χ2n) is 9.99. The van der Waals surface area contributed by atoms with Gasteiger partial charge < -0.3 is 20.3 Å². The first-order valence-corrected chi connectivity index (χ1v) is 11.7. The van der Waals surface area contributed by atoms with Crippen molar-refractivity contribution in [1.29, 1.82) is 0 Å². The molecule has 0 bridgehead atoms. The summed E-state index contributed by atoms with van der Waals surface area (Å²) in [5.41, 5.74) is 0.342. The molecule has 2 aromatic heterocycles. The fraction of sp³-hybridized carbons (Fsp3) is 0.636. The van der Waals surface area contributed by atoms with Crippen LogP contribution in [0.1, 0.15) is 36.2 Å². The van der Waals surface area contributed by atoms with E-state index in [-0.39, 0.29) is 23.5 Å². The van der Waals surface area contributed by atoms with Crippen LogP contribution in [0.15, 0.2) is 18.5 Å². The SMILES string of the molecule is COC[C@H](c1cnn2cc([C@@H](NC(=O)C(F)(F)F)C3[C@H]4CC(F)(F)C[C@@H]34)nc2c1)N1CC(F)(F)CNC1=O. The van der Waals surface area contributed by atoms with Crippen molar-refractivity contribution in [3.8, 4) is 0 Å². The fourth-order valence-electron chi connectivity index (χ4n) is 5.61. The quantitative estimate of drug-likeness (QED) is 0.515. The molecule has 3 amide bonds. The van der Waals surface area contributed by atoms with Crippen molar-refractivity contribution >= 4 is 17.6 Å². The van der Waals surface area contributed by atoms with Crippen LogP contribution in [0.2, 0.25) is 0 Å². The van der Waals surface area contributed by atoms with Crippen LogP contribution in [0.3, 0.4) is 0 Å². The van der Waals surface area contributed by atoms with Crippen molar-refractivity contribution in [2.24, 2.45) is 17.8 Å². The van der Waals surface area contributed by atoms with E-state index in [1.807, 2.05) is 5.32 Å². The summed E-state index contributed by atoms with van der Waals surface area (Å²) in [6.45, 7) is -1.86. The Bertz CT molecular complexity index is 1240. The van der Waals surface area contributed by atoms with E-state index in [0.717, 1.165) is 4.90 Å². The van der Waals surface area contributed by atoms with Gasteiger partial charge in [0, 0.05) is 25.5 Å². The highest BCUT2D eigenvalue weighted by Crippen LogP contribution is 2.66. The average molecular weight is 552 g/mol. The third-order valence-corrected chi connectivity index (χ3v) is 7.32. The molecule has 9 nitrogen and oxygen atoms in total. The maximum Gasteiger partial charge on any atom is 0.471 e. The highest BCUT2D eigenvalue weighted by Gasteiger charge is 2.66. The van der Waals surface area contributed by atoms with E-state index in [1.54, 1.807) is 0 Å². The van der Waals surface area contributed by atoms with E-state index in [9.17, 15) is 40.3 Å². The Morgan fingerprint density at radius 3 is 2.55 bits per heavy atom. The molecule has 208 valence electrons. The molecular formula is C22H23F7N6O3. The summed E-state index contributed by atoms with van der Waals surface area (Å²) in [5, 5.41) is 8.16. The number of urea groups is 1. The molecule has 2 N–H and O–H groups in total. The molecule has 0 spiro atoms. The Hall–Kier alpha value is -3.17. The Morgan fingerprint density at radius 2 is 1.92 bits per heavy atom. The van der Waals surface area contributed by atoms with Gasteiger partial charge in [0.05, 0.1) is 49.9 Å². The summed E-state index contributed by atoms with van der Waals surface area (Å²) >= 11 is 0. The van der Waals surface area contributed by atoms with Crippen LogP contribution >= 0.6 is 0 Å². The number of nitrogens with zero attached hydrogens (tertiary/aromatic N) is 4. The Morgan fingerprint density at radius 1 is 1.24 bits per heavy atom. The van der Waals surface area contributed by atoms with Gasteiger partial charge in [-0.25, -0.2) is 31.9 Å². The summed E-state index contributed by atoms with van der Waals surface area (Å²) < 4.78 is 101. The number of carbonyl (C=O) groups excluding carboxylic acids is 2. The van der Waals surface area contributed by atoms with Gasteiger partial charge in [0.15, 0.2) is 5.65 Å². The highest BCUT2D eigenvalue weighted by molar-refractivity contribution is 5.82. The van der Waals surface area contributed by atoms with Crippen molar-refractivity contribution in [3.05, 3.63) is 29.7 Å². The number of rotatable bonds is 7. The lowest BCUT2D eigenvalue weighted by molar-refractivity contribution is -0.174. The minimum Gasteiger partial charge on any atom is -0.382 e. The van der Waals surface area contributed by atoms with E-state index in [2.05, 4.69) is 15.4 Å². The number of methoxy groups -OCH3 is 1. The number of alkyl halides is 7. The van der Waals surface area contributed by atoms with Crippen molar-refractivity contribution < 1.29 is 45.1 Å². The minimum absolute atomic E-state index is 0.0134. The predicted molar refractivity (Wildman–Crippen MR) is 114 cm³/mol. The first-order valence-electron chi connectivity index (χ1n) is 11.7. The largest absolute Gasteiger partial charge is 0.471 e. The number of nitrogens with one attached hydrogen (secondary N) is 2. The van der Waals surface area contributed by atoms with Gasteiger partial charge in [-0.1, -0.05) is 0 Å². The topological polar surface area (TPSA) is 101 Å². The van der Waals surface area contributed by atoms with Crippen LogP contribution in [0.4, 0.5) is 35.5 Å². The molecule has 0 aromatic carbocycles. The fourth-order valence-corrected chi connectivity index (χ4v) is 5.61. The average Bonchev–Trinajstić information content (AvgIpc) is 3.14. The van der Waals surface area contributed by atoms with Gasteiger partial charge in [0.1, 0.15) is 0 Å². The van der Waals surface area contributed by atoms with Gasteiger partial charge in [-0.3, -0.25) is 4.79 Å². The maximum absolute atomic E-state index is 14.0. The molecule has 3 aliphatic rings. The molecule has 2 aliphatic carbocycles. The van der Waals surface area contributed by atoms with Gasteiger partial charge in [-0.05, 0) is 23.8 Å². The summed E-state index contributed by atoms with van der Waals surface area (Å²) in [4.78, 5) is 29.3. The predicted octanol–water partition coefficient (Wildman–Crippen LogP) is 3.09. The zero-order chi connectivity index (χ0) is 27.6. The summed E-state index contributed by atoms with van der Waals surface area (Å²) in [6, 6.07) is -1.62. The van der Waals surface area contributed by atoms with Crippen molar-refractivity contribution in [2.75, 3.05) is 26.8 Å². The number of amides is 3. The normalized spacial score (nSPS) is 27.5. The number of halogens is 7. The van der Waals surface area contributed by atoms with Gasteiger partial charge in [-0.15, -0.1) is 0 Å². The molecule has 1 aliphatic heterocycles. The zero-order valence-corrected chi connectivity index (χ0v) is 19.8. The summed E-state index contributed by atoms with van der Waals surface area (Å²) in [5.74, 6) is -10.1. The molecule has 3 fully saturated rings. The van der Waals surface area contributed by atoms with Crippen molar-refractivity contribution in [3.63, 3.8) is 0 Å². The number of hydrogen-bond acceptors (Lipinski definition) is 5. The molecule has 1 saturated heterocycles. The number of imidazole rings is 1. The Labute approximate surface area is 210 Å². The van der Waals surface area contributed by atoms with Crippen LogP contribution in [0.25, 0.3) is 5.65 Å². The lowest BCUT2D eigenvalue weighted by Crippen LogP contribution is -2.58. The third-order valence-electron chi connectivity index (χ3n) is 7.32. The van der Waals surface area contributed by atoms with Crippen LogP contribution in [-0.4, -0.2) is 76.3 Å². The van der Waals surface area contributed by atoms with E-state index in [0.29, 0.717) is 0 Å². The van der Waals surface area contributed by atoms with Crippen LogP contribution in [0, 0.1) is 17.8 Å². The van der Waals surface area contributed by atoms with Gasteiger partial charge in [-0.2, -0.15) is 18.3 Å². The zero-order valence-electron chi connectivity index (χ0n) is 19.8. The highest BCUT2D eigenvalue weighted by atomic mass is 19.4. The maximum atomic E-state index is 14.0. The number of aromatic nitrogens is 3. The van der Waals surface area contributed by atoms with Crippen molar-refractivity contribution in [1.82, 2.24) is 30.1 Å². The number of hydrogen-bond donors (Lipinski definition) is 2. The molecular weight excluding hydrogens is 529 g/mol. The molecule has 2 saturated carbocycles. The first-order chi connectivity index (χ1) is 17.7. The van der Waals surface area contributed by atoms with Gasteiger partial charge in [0.25, 0.3) is 5.92 Å². The summed E-state index contributed by atoms with van der Waals surface area (Å²) in [6.07, 6.45) is -3.62. The number of carbonyl (C=O) groups is 2. The number of fused-ring (bicyclic) bond motifs is 2. The Balaban J connectivity index is 1.45. The van der Waals surface area contributed by atoms with E-state index >= 15 is 0 Å². The van der Waals surface area contributed by atoms with Crippen LogP contribution in [-0.2, 0) is 9.53 Å². The van der Waals surface area contributed by atoms with E-state index in [4.69, 9.17) is 4.74 Å². The molecule has 1 unspecified atom stereocenters. The summed E-state index contributed by atoms with van der Waals surface area (Å²) in [7, 11) is 1.32. The molecule has 2 aromatic rings. The standard InChI is InChI=1S/C22H23F7N6O3/c1-38-7-14(34-9-21(25,26)8-30-19(34)37)10-2-15-32-13(6-35(15)31-5-10)17(33-18(36)22(27,28)29)16-11-3-20(23,24)4-12(11)16/h2,5-6,11-12,14,16-17H,3-4,7-9H2,1H3,(H,30,37)(H,33,36)/t11-,12+,14-,16?,17-/m1/s1. The minimum atomic E-state index is -5.19. The number of ether oxygens (including phenoxy) is 1. The molecule has 5 atom stereocenters. The van der Waals surface area contributed by atoms with Crippen LogP contribution in [0.5, 0.6) is 0 Å². The van der Waals surface area contributed by atoms with Gasteiger partial charge >= 0.3 is 18.1 Å². The van der Waals surface area contributed by atoms with E-state index in [1.165, 1.54) is 30.1 Å². The molecule has 38 heavy (non-hydrogen) atoms. The molecule has 5 rings (SSSR count). The van der Waals surface area contributed by atoms with Gasteiger partial charge in [0.2, 0.25) is 5.92 Å². The second-order valence-corrected chi connectivity index (χ2v) is 9.99. The monoisotopic (exact) mass is 552 g/mol.